The maximum absolute atomic E-state index is 10.3. The van der Waals surface area contributed by atoms with Crippen molar-refractivity contribution >= 4 is 34.5 Å². The predicted molar refractivity (Wildman–Crippen MR) is 84.6 cm³/mol. The Labute approximate surface area is 132 Å². The Bertz CT molecular complexity index is 588. The van der Waals surface area contributed by atoms with Crippen LogP contribution in [-0.4, -0.2) is 28.6 Å². The lowest BCUT2D eigenvalue weighted by Crippen LogP contribution is -2.24. The third kappa shape index (κ3) is 4.17. The summed E-state index contributed by atoms with van der Waals surface area (Å²) in [7, 11) is 1.95. The van der Waals surface area contributed by atoms with Crippen LogP contribution in [0.3, 0.4) is 0 Å². The monoisotopic (exact) mass is 330 g/mol. The first kappa shape index (κ1) is 15.7. The fourth-order valence-electron chi connectivity index (χ4n) is 1.94. The van der Waals surface area contributed by atoms with E-state index in [0.29, 0.717) is 28.7 Å². The van der Waals surface area contributed by atoms with Gasteiger partial charge in [-0.05, 0) is 26.1 Å². The number of aromatic nitrogens is 1. The number of hydrogen-bond donors (Lipinski definition) is 1. The number of likely N-dealkylation sites (N-methyl/N-ethyl adjacent to an activating group) is 1. The molecule has 0 fully saturated rings. The first-order valence-corrected chi connectivity index (χ1v) is 7.82. The van der Waals surface area contributed by atoms with E-state index in [1.54, 1.807) is 29.5 Å². The molecule has 1 atom stereocenters. The zero-order chi connectivity index (χ0) is 14.7. The molecule has 0 aliphatic carbocycles. The van der Waals surface area contributed by atoms with Crippen LogP contribution in [0.15, 0.2) is 23.6 Å². The number of nitrogens with zero attached hydrogens (tertiary/aromatic N) is 2. The molecular weight excluding hydrogens is 315 g/mol. The predicted octanol–water partition coefficient (Wildman–Crippen LogP) is 3.92. The summed E-state index contributed by atoms with van der Waals surface area (Å²) in [5, 5.41) is 14.4. The van der Waals surface area contributed by atoms with Gasteiger partial charge in [0.15, 0.2) is 0 Å². The van der Waals surface area contributed by atoms with Crippen LogP contribution >= 0.6 is 34.5 Å². The molecule has 108 valence electrons. The van der Waals surface area contributed by atoms with Crippen molar-refractivity contribution in [1.29, 1.82) is 0 Å². The van der Waals surface area contributed by atoms with Crippen LogP contribution in [0.5, 0.6) is 0 Å². The molecule has 0 saturated carbocycles. The molecule has 1 heterocycles. The molecule has 2 rings (SSSR count). The summed E-state index contributed by atoms with van der Waals surface area (Å²) < 4.78 is 0. The third-order valence-electron chi connectivity index (χ3n) is 2.88. The Hall–Kier alpha value is -0.650. The highest BCUT2D eigenvalue weighted by Crippen LogP contribution is 2.27. The fourth-order valence-corrected chi connectivity index (χ4v) is 3.32. The highest BCUT2D eigenvalue weighted by molar-refractivity contribution is 7.09. The minimum Gasteiger partial charge on any atom is -0.387 e. The third-order valence-corrected chi connectivity index (χ3v) is 4.39. The molecule has 1 aromatic carbocycles. The molecular formula is C14H16Cl2N2OS. The van der Waals surface area contributed by atoms with E-state index in [1.165, 1.54) is 0 Å². The van der Waals surface area contributed by atoms with Crippen LogP contribution in [0, 0.1) is 6.92 Å². The molecule has 3 nitrogen and oxygen atoms in total. The molecule has 0 saturated heterocycles. The van der Waals surface area contributed by atoms with Crippen molar-refractivity contribution in [2.75, 3.05) is 13.6 Å². The zero-order valence-corrected chi connectivity index (χ0v) is 13.6. The lowest BCUT2D eigenvalue weighted by Gasteiger charge is -2.20. The summed E-state index contributed by atoms with van der Waals surface area (Å²) in [5.41, 5.74) is 1.72. The molecule has 1 aromatic heterocycles. The van der Waals surface area contributed by atoms with Crippen molar-refractivity contribution in [3.8, 4) is 0 Å². The number of rotatable bonds is 5. The molecule has 20 heavy (non-hydrogen) atoms. The van der Waals surface area contributed by atoms with Gasteiger partial charge in [0.1, 0.15) is 5.01 Å². The Morgan fingerprint density at radius 1 is 1.40 bits per heavy atom. The first-order chi connectivity index (χ1) is 9.45. The SMILES string of the molecule is Cc1csc(CN(C)CC(O)c2ccc(Cl)cc2Cl)n1. The molecule has 1 unspecified atom stereocenters. The van der Waals surface area contributed by atoms with Gasteiger partial charge < -0.3 is 5.11 Å². The maximum Gasteiger partial charge on any atom is 0.107 e. The lowest BCUT2D eigenvalue weighted by molar-refractivity contribution is 0.124. The van der Waals surface area contributed by atoms with Gasteiger partial charge in [-0.15, -0.1) is 11.3 Å². The number of aryl methyl sites for hydroxylation is 1. The molecule has 0 amide bonds. The summed E-state index contributed by atoms with van der Waals surface area (Å²) in [6.45, 7) is 3.17. The van der Waals surface area contributed by atoms with E-state index < -0.39 is 6.10 Å². The molecule has 0 radical (unpaired) electrons. The van der Waals surface area contributed by atoms with Crippen LogP contribution in [0.25, 0.3) is 0 Å². The van der Waals surface area contributed by atoms with Crippen molar-refractivity contribution in [3.63, 3.8) is 0 Å². The highest BCUT2D eigenvalue weighted by atomic mass is 35.5. The largest absolute Gasteiger partial charge is 0.387 e. The van der Waals surface area contributed by atoms with Crippen molar-refractivity contribution in [1.82, 2.24) is 9.88 Å². The second-order valence-corrected chi connectivity index (χ2v) is 6.55. The topological polar surface area (TPSA) is 36.4 Å². The molecule has 6 heteroatoms. The van der Waals surface area contributed by atoms with E-state index in [0.717, 1.165) is 10.7 Å². The van der Waals surface area contributed by atoms with Gasteiger partial charge in [0.2, 0.25) is 0 Å². The fraction of sp³-hybridized carbons (Fsp3) is 0.357. The summed E-state index contributed by atoms with van der Waals surface area (Å²) >= 11 is 13.6. The Morgan fingerprint density at radius 3 is 2.75 bits per heavy atom. The average molecular weight is 331 g/mol. The first-order valence-electron chi connectivity index (χ1n) is 6.18. The lowest BCUT2D eigenvalue weighted by atomic mass is 10.1. The molecule has 0 bridgehead atoms. The van der Waals surface area contributed by atoms with Crippen molar-refractivity contribution in [2.45, 2.75) is 19.6 Å². The zero-order valence-electron chi connectivity index (χ0n) is 11.3. The van der Waals surface area contributed by atoms with Crippen molar-refractivity contribution in [2.24, 2.45) is 0 Å². The number of aliphatic hydroxyl groups is 1. The normalized spacial score (nSPS) is 12.9. The Kier molecular flexibility index (Phi) is 5.41. The van der Waals surface area contributed by atoms with Gasteiger partial charge in [-0.1, -0.05) is 29.3 Å². The summed E-state index contributed by atoms with van der Waals surface area (Å²) in [4.78, 5) is 6.43. The Morgan fingerprint density at radius 2 is 2.15 bits per heavy atom. The summed E-state index contributed by atoms with van der Waals surface area (Å²) in [5.74, 6) is 0. The molecule has 0 spiro atoms. The number of hydrogen-bond acceptors (Lipinski definition) is 4. The van der Waals surface area contributed by atoms with Crippen LogP contribution in [0.1, 0.15) is 22.4 Å². The molecule has 1 N–H and O–H groups in total. The van der Waals surface area contributed by atoms with Gasteiger partial charge in [0.05, 0.1) is 12.6 Å². The van der Waals surface area contributed by atoms with Gasteiger partial charge in [0.25, 0.3) is 0 Å². The van der Waals surface area contributed by atoms with Crippen LogP contribution in [0.2, 0.25) is 10.0 Å². The summed E-state index contributed by atoms with van der Waals surface area (Å²) in [6.07, 6.45) is -0.647. The van der Waals surface area contributed by atoms with Crippen LogP contribution in [-0.2, 0) is 6.54 Å². The van der Waals surface area contributed by atoms with E-state index in [-0.39, 0.29) is 0 Å². The second-order valence-electron chi connectivity index (χ2n) is 4.76. The van der Waals surface area contributed by atoms with Crippen molar-refractivity contribution < 1.29 is 5.11 Å². The molecule has 0 aliphatic rings. The maximum atomic E-state index is 10.3. The minimum atomic E-state index is -0.647. The minimum absolute atomic E-state index is 0.486. The quantitative estimate of drug-likeness (QED) is 0.902. The highest BCUT2D eigenvalue weighted by Gasteiger charge is 2.15. The van der Waals surface area contributed by atoms with E-state index in [1.807, 2.05) is 24.3 Å². The van der Waals surface area contributed by atoms with Gasteiger partial charge >= 0.3 is 0 Å². The molecule has 0 aliphatic heterocycles. The van der Waals surface area contributed by atoms with Gasteiger partial charge in [0, 0.05) is 33.2 Å². The Balaban J connectivity index is 1.98. The van der Waals surface area contributed by atoms with E-state index >= 15 is 0 Å². The van der Waals surface area contributed by atoms with E-state index in [4.69, 9.17) is 23.2 Å². The van der Waals surface area contributed by atoms with Crippen LogP contribution in [0.4, 0.5) is 0 Å². The standard InChI is InChI=1S/C14H16Cl2N2OS/c1-9-8-20-14(17-9)7-18(2)6-13(19)11-4-3-10(15)5-12(11)16/h3-5,8,13,19H,6-7H2,1-2H3. The summed E-state index contributed by atoms with van der Waals surface area (Å²) in [6, 6.07) is 5.14. The average Bonchev–Trinajstić information content (AvgIpc) is 2.74. The van der Waals surface area contributed by atoms with E-state index in [2.05, 4.69) is 4.98 Å². The van der Waals surface area contributed by atoms with Gasteiger partial charge in [-0.25, -0.2) is 4.98 Å². The number of benzene rings is 1. The van der Waals surface area contributed by atoms with Gasteiger partial charge in [-0.2, -0.15) is 0 Å². The van der Waals surface area contributed by atoms with Crippen LogP contribution < -0.4 is 0 Å². The second kappa shape index (κ2) is 6.87. The number of aliphatic hydroxyl groups excluding tert-OH is 1. The van der Waals surface area contributed by atoms with E-state index in [9.17, 15) is 5.11 Å². The van der Waals surface area contributed by atoms with Crippen molar-refractivity contribution in [3.05, 3.63) is 49.9 Å². The van der Waals surface area contributed by atoms with Gasteiger partial charge in [-0.3, -0.25) is 4.90 Å². The smallest absolute Gasteiger partial charge is 0.107 e. The number of halogens is 2. The molecule has 2 aromatic rings. The number of thiazole rings is 1.